The molecule has 0 atom stereocenters. The first kappa shape index (κ1) is 35.7. The van der Waals surface area contributed by atoms with E-state index in [2.05, 4.69) is 246 Å². The highest BCUT2D eigenvalue weighted by Gasteiger charge is 2.18. The van der Waals surface area contributed by atoms with Crippen molar-refractivity contribution in [2.24, 2.45) is 0 Å². The number of pyridine rings is 1. The second-order valence-electron chi connectivity index (χ2n) is 16.0. The lowest BCUT2D eigenvalue weighted by Gasteiger charge is -2.13. The van der Waals surface area contributed by atoms with Crippen LogP contribution in [0.25, 0.3) is 111 Å². The second-order valence-corrected chi connectivity index (χ2v) is 16.0. The highest BCUT2D eigenvalue weighted by atomic mass is 15.0. The normalized spacial score (nSPS) is 11.5. The molecule has 0 spiro atoms. The molecule has 3 heteroatoms. The van der Waals surface area contributed by atoms with Gasteiger partial charge in [0.05, 0.1) is 33.5 Å². The lowest BCUT2D eigenvalue weighted by Crippen LogP contribution is -1.95. The summed E-state index contributed by atoms with van der Waals surface area (Å²) >= 11 is 0. The maximum absolute atomic E-state index is 5.13. The number of hydrogen-bond donors (Lipinski definition) is 0. The third kappa shape index (κ3) is 6.02. The van der Waals surface area contributed by atoms with Crippen molar-refractivity contribution in [1.82, 2.24) is 14.1 Å². The third-order valence-electron chi connectivity index (χ3n) is 12.3. The lowest BCUT2D eigenvalue weighted by atomic mass is 9.96. The molecule has 0 amide bonds. The van der Waals surface area contributed by atoms with Gasteiger partial charge in [-0.2, -0.15) is 0 Å². The van der Waals surface area contributed by atoms with E-state index in [1.807, 2.05) is 0 Å². The average molecular weight is 790 g/mol. The summed E-state index contributed by atoms with van der Waals surface area (Å²) in [6.45, 7) is 0. The monoisotopic (exact) mass is 789 g/mol. The smallest absolute Gasteiger partial charge is 0.0715 e. The van der Waals surface area contributed by atoms with E-state index >= 15 is 0 Å². The first-order chi connectivity index (χ1) is 30.7. The largest absolute Gasteiger partial charge is 0.309 e. The summed E-state index contributed by atoms with van der Waals surface area (Å²) in [5.41, 5.74) is 18.2. The van der Waals surface area contributed by atoms with Gasteiger partial charge in [0, 0.05) is 44.0 Å². The molecular weight excluding hydrogens is 751 g/mol. The van der Waals surface area contributed by atoms with Crippen LogP contribution >= 0.6 is 0 Å². The van der Waals surface area contributed by atoms with Gasteiger partial charge < -0.3 is 9.13 Å². The van der Waals surface area contributed by atoms with Crippen molar-refractivity contribution < 1.29 is 0 Å². The molecule has 0 radical (unpaired) electrons. The number of hydrogen-bond acceptors (Lipinski definition) is 1. The third-order valence-corrected chi connectivity index (χ3v) is 12.3. The summed E-state index contributed by atoms with van der Waals surface area (Å²) in [6, 6.07) is 85.2. The van der Waals surface area contributed by atoms with Crippen LogP contribution in [0.1, 0.15) is 0 Å². The van der Waals surface area contributed by atoms with Crippen molar-refractivity contribution in [3.8, 4) is 67.3 Å². The topological polar surface area (TPSA) is 22.8 Å². The number of fused-ring (bicyclic) bond motifs is 6. The zero-order chi connectivity index (χ0) is 41.0. The van der Waals surface area contributed by atoms with E-state index in [4.69, 9.17) is 4.98 Å². The number of benzene rings is 9. The van der Waals surface area contributed by atoms with Gasteiger partial charge in [-0.25, -0.2) is 4.98 Å². The standard InChI is InChI=1S/C59H39N3/c1-4-17-40(18-5-1)53-38-46(39-54(60-53)41-19-6-2-7-20-41)43-22-14-21-42(35-43)44-33-34-57-52(37-44)50-27-10-12-30-55(50)62(57)48-26-15-23-45(36-48)49-29-16-32-58-59(49)51-28-11-13-31-56(51)61(58)47-24-8-3-9-25-47/h1-39H. The summed E-state index contributed by atoms with van der Waals surface area (Å²) in [6.07, 6.45) is 0. The second kappa shape index (κ2) is 14.8. The molecular formula is C59H39N3. The summed E-state index contributed by atoms with van der Waals surface area (Å²) in [4.78, 5) is 5.13. The molecule has 9 aromatic carbocycles. The van der Waals surface area contributed by atoms with E-state index in [9.17, 15) is 0 Å². The molecule has 290 valence electrons. The van der Waals surface area contributed by atoms with Crippen LogP contribution in [0.3, 0.4) is 0 Å². The van der Waals surface area contributed by atoms with Crippen molar-refractivity contribution in [2.45, 2.75) is 0 Å². The Morgan fingerprint density at radius 1 is 0.258 bits per heavy atom. The Morgan fingerprint density at radius 2 is 0.742 bits per heavy atom. The van der Waals surface area contributed by atoms with Gasteiger partial charge in [0.1, 0.15) is 0 Å². The van der Waals surface area contributed by atoms with E-state index in [1.54, 1.807) is 0 Å². The maximum atomic E-state index is 5.13. The maximum Gasteiger partial charge on any atom is 0.0715 e. The Kier molecular flexibility index (Phi) is 8.50. The van der Waals surface area contributed by atoms with Crippen molar-refractivity contribution in [2.75, 3.05) is 0 Å². The minimum absolute atomic E-state index is 0.960. The van der Waals surface area contributed by atoms with Gasteiger partial charge >= 0.3 is 0 Å². The fourth-order valence-electron chi connectivity index (χ4n) is 9.45. The molecule has 0 saturated carbocycles. The Labute approximate surface area is 360 Å². The summed E-state index contributed by atoms with van der Waals surface area (Å²) in [5, 5.41) is 4.97. The molecule has 12 aromatic rings. The molecule has 3 aromatic heterocycles. The molecule has 3 nitrogen and oxygen atoms in total. The molecule has 3 heterocycles. The Morgan fingerprint density at radius 3 is 1.47 bits per heavy atom. The van der Waals surface area contributed by atoms with E-state index in [0.29, 0.717) is 0 Å². The van der Waals surface area contributed by atoms with Crippen LogP contribution in [-0.4, -0.2) is 14.1 Å². The minimum atomic E-state index is 0.960. The van der Waals surface area contributed by atoms with E-state index in [-0.39, 0.29) is 0 Å². The predicted molar refractivity (Wildman–Crippen MR) is 260 cm³/mol. The van der Waals surface area contributed by atoms with Crippen LogP contribution in [0.5, 0.6) is 0 Å². The van der Waals surface area contributed by atoms with Crippen LogP contribution in [0.4, 0.5) is 0 Å². The average Bonchev–Trinajstić information content (AvgIpc) is 3.87. The number of rotatable bonds is 7. The quantitative estimate of drug-likeness (QED) is 0.158. The predicted octanol–water partition coefficient (Wildman–Crippen LogP) is 15.6. The van der Waals surface area contributed by atoms with Gasteiger partial charge in [-0.3, -0.25) is 0 Å². The van der Waals surface area contributed by atoms with Gasteiger partial charge in [0.25, 0.3) is 0 Å². The molecule has 0 N–H and O–H groups in total. The Balaban J connectivity index is 0.972. The van der Waals surface area contributed by atoms with E-state index < -0.39 is 0 Å². The fourth-order valence-corrected chi connectivity index (χ4v) is 9.45. The van der Waals surface area contributed by atoms with Gasteiger partial charge in [-0.05, 0) is 106 Å². The summed E-state index contributed by atoms with van der Waals surface area (Å²) in [5.74, 6) is 0. The molecule has 0 bridgehead atoms. The highest BCUT2D eigenvalue weighted by molar-refractivity contribution is 6.16. The van der Waals surface area contributed by atoms with Crippen LogP contribution in [-0.2, 0) is 0 Å². The fraction of sp³-hybridized carbons (Fsp3) is 0. The highest BCUT2D eigenvalue weighted by Crippen LogP contribution is 2.41. The molecule has 0 saturated heterocycles. The zero-order valence-electron chi connectivity index (χ0n) is 33.9. The van der Waals surface area contributed by atoms with Crippen LogP contribution in [0.15, 0.2) is 237 Å². The first-order valence-electron chi connectivity index (χ1n) is 21.2. The molecule has 0 fully saturated rings. The van der Waals surface area contributed by atoms with Crippen molar-refractivity contribution in [3.05, 3.63) is 237 Å². The van der Waals surface area contributed by atoms with Gasteiger partial charge in [-0.1, -0.05) is 164 Å². The van der Waals surface area contributed by atoms with Crippen LogP contribution in [0, 0.1) is 0 Å². The molecule has 0 aliphatic carbocycles. The van der Waals surface area contributed by atoms with Crippen molar-refractivity contribution >= 4 is 43.6 Å². The van der Waals surface area contributed by atoms with Gasteiger partial charge in [-0.15, -0.1) is 0 Å². The summed E-state index contributed by atoms with van der Waals surface area (Å²) < 4.78 is 4.81. The molecule has 0 aliphatic heterocycles. The Bertz CT molecular complexity index is 3560. The molecule has 0 unspecified atom stereocenters. The lowest BCUT2D eigenvalue weighted by molar-refractivity contribution is 1.18. The SMILES string of the molecule is c1ccc(-c2cc(-c3cccc(-c4ccc5c(c4)c4ccccc4n5-c4cccc(-c5cccc6c5c5ccccc5n6-c5ccccc5)c4)c3)cc(-c3ccccc3)n2)cc1. The van der Waals surface area contributed by atoms with Crippen LogP contribution in [0.2, 0.25) is 0 Å². The molecule has 12 rings (SSSR count). The minimum Gasteiger partial charge on any atom is -0.309 e. The number of para-hydroxylation sites is 3. The first-order valence-corrected chi connectivity index (χ1v) is 21.2. The molecule has 62 heavy (non-hydrogen) atoms. The van der Waals surface area contributed by atoms with Gasteiger partial charge in [0.15, 0.2) is 0 Å². The van der Waals surface area contributed by atoms with E-state index in [1.165, 1.54) is 65.9 Å². The van der Waals surface area contributed by atoms with Crippen molar-refractivity contribution in [3.63, 3.8) is 0 Å². The zero-order valence-corrected chi connectivity index (χ0v) is 33.9. The number of aromatic nitrogens is 3. The molecule has 0 aliphatic rings. The van der Waals surface area contributed by atoms with E-state index in [0.717, 1.165) is 45.0 Å². The van der Waals surface area contributed by atoms with Gasteiger partial charge in [0.2, 0.25) is 0 Å². The number of nitrogens with zero attached hydrogens (tertiary/aromatic N) is 3. The summed E-state index contributed by atoms with van der Waals surface area (Å²) in [7, 11) is 0. The Hall–Kier alpha value is -8.27. The van der Waals surface area contributed by atoms with Crippen molar-refractivity contribution in [1.29, 1.82) is 0 Å². The van der Waals surface area contributed by atoms with Crippen LogP contribution < -0.4 is 0 Å².